The highest BCUT2D eigenvalue weighted by atomic mass is 16.3. The smallest absolute Gasteiger partial charge is 0.291 e. The molecule has 0 radical (unpaired) electrons. The van der Waals surface area contributed by atoms with Crippen molar-refractivity contribution >= 4 is 18.1 Å². The number of piperazine rings is 1. The topological polar surface area (TPSA) is 94.8 Å². The molecule has 0 unspecified atom stereocenters. The largest absolute Gasteiger partial charge is 0.483 e. The fraction of sp³-hybridized carbons (Fsp3) is 0.524. The maximum Gasteiger partial charge on any atom is 0.291 e. The molecule has 1 aromatic carbocycles. The van der Waals surface area contributed by atoms with Crippen LogP contribution in [-0.2, 0) is 17.9 Å². The van der Waals surface area contributed by atoms with E-state index in [0.717, 1.165) is 58.2 Å². The van der Waals surface area contributed by atoms with E-state index >= 15 is 0 Å². The number of aromatic nitrogens is 3. The molecule has 4 rings (SSSR count). The Bertz CT molecular complexity index is 889. The van der Waals surface area contributed by atoms with Crippen LogP contribution in [0.15, 0.2) is 18.2 Å². The molecule has 0 atom stereocenters. The molecule has 1 N–H and O–H groups in total. The number of likely N-dealkylation sites (N-methyl/N-ethyl adjacent to an activating group) is 1. The number of carbonyl (C=O) groups excluding carboxylic acids is 1. The van der Waals surface area contributed by atoms with Crippen LogP contribution in [-0.4, -0.2) is 81.3 Å². The van der Waals surface area contributed by atoms with Crippen LogP contribution in [0.3, 0.4) is 0 Å². The van der Waals surface area contributed by atoms with E-state index in [1.807, 2.05) is 16.4 Å². The molecule has 2 aromatic rings. The molecule has 30 heavy (non-hydrogen) atoms. The zero-order valence-electron chi connectivity index (χ0n) is 17.9. The predicted molar refractivity (Wildman–Crippen MR) is 114 cm³/mol. The number of carboxylic acid groups (broad SMARTS) is 1. The Morgan fingerprint density at radius 2 is 1.77 bits per heavy atom. The van der Waals surface area contributed by atoms with Crippen LogP contribution in [0, 0.1) is 13.8 Å². The summed E-state index contributed by atoms with van der Waals surface area (Å²) in [5.41, 5.74) is 4.06. The minimum absolute atomic E-state index is 0.00208. The SMILES string of the molecule is CCN1CCn2c(CN3CCN(c4cccc(C)c4C)CC3)nnc2C1=O.O=CO. The van der Waals surface area contributed by atoms with E-state index in [4.69, 9.17) is 9.90 Å². The fourth-order valence-electron chi connectivity index (χ4n) is 4.04. The van der Waals surface area contributed by atoms with Crippen molar-refractivity contribution in [3.8, 4) is 0 Å². The van der Waals surface area contributed by atoms with Crippen molar-refractivity contribution in [1.82, 2.24) is 24.6 Å². The molecule has 2 aliphatic rings. The van der Waals surface area contributed by atoms with Crippen LogP contribution in [0.4, 0.5) is 5.69 Å². The molecular formula is C21H30N6O3. The monoisotopic (exact) mass is 414 g/mol. The number of rotatable bonds is 4. The Labute approximate surface area is 176 Å². The average molecular weight is 415 g/mol. The van der Waals surface area contributed by atoms with Crippen LogP contribution < -0.4 is 4.90 Å². The zero-order valence-corrected chi connectivity index (χ0v) is 17.9. The van der Waals surface area contributed by atoms with Crippen molar-refractivity contribution in [1.29, 1.82) is 0 Å². The molecule has 1 saturated heterocycles. The lowest BCUT2D eigenvalue weighted by molar-refractivity contribution is -0.122. The zero-order chi connectivity index (χ0) is 21.7. The summed E-state index contributed by atoms with van der Waals surface area (Å²) in [6.07, 6.45) is 0. The quantitative estimate of drug-likeness (QED) is 0.756. The van der Waals surface area contributed by atoms with Gasteiger partial charge in [-0.15, -0.1) is 10.2 Å². The van der Waals surface area contributed by atoms with Gasteiger partial charge in [0.05, 0.1) is 6.54 Å². The minimum Gasteiger partial charge on any atom is -0.483 e. The normalized spacial score (nSPS) is 16.7. The Balaban J connectivity index is 0.000000806. The number of carbonyl (C=O) groups is 2. The first-order chi connectivity index (χ1) is 14.5. The number of aryl methyl sites for hydroxylation is 1. The number of amides is 1. The van der Waals surface area contributed by atoms with Crippen molar-refractivity contribution in [2.24, 2.45) is 0 Å². The highest BCUT2D eigenvalue weighted by Gasteiger charge is 2.29. The van der Waals surface area contributed by atoms with Crippen LogP contribution >= 0.6 is 0 Å². The van der Waals surface area contributed by atoms with E-state index in [2.05, 4.69) is 52.0 Å². The Morgan fingerprint density at radius 3 is 2.43 bits per heavy atom. The molecule has 0 aliphatic carbocycles. The molecule has 0 spiro atoms. The first kappa shape index (κ1) is 21.8. The van der Waals surface area contributed by atoms with Gasteiger partial charge in [-0.2, -0.15) is 0 Å². The molecule has 1 aromatic heterocycles. The summed E-state index contributed by atoms with van der Waals surface area (Å²) < 4.78 is 2.01. The van der Waals surface area contributed by atoms with Gasteiger partial charge in [0.25, 0.3) is 12.4 Å². The van der Waals surface area contributed by atoms with E-state index in [1.165, 1.54) is 16.8 Å². The number of anilines is 1. The van der Waals surface area contributed by atoms with E-state index < -0.39 is 0 Å². The second-order valence-corrected chi connectivity index (χ2v) is 7.56. The molecular weight excluding hydrogens is 384 g/mol. The third-order valence-corrected chi connectivity index (χ3v) is 5.94. The molecule has 0 saturated carbocycles. The summed E-state index contributed by atoms with van der Waals surface area (Å²) >= 11 is 0. The summed E-state index contributed by atoms with van der Waals surface area (Å²) in [6.45, 7) is 13.1. The highest BCUT2D eigenvalue weighted by molar-refractivity contribution is 5.91. The van der Waals surface area contributed by atoms with Crippen molar-refractivity contribution in [2.45, 2.75) is 33.9 Å². The highest BCUT2D eigenvalue weighted by Crippen LogP contribution is 2.24. The van der Waals surface area contributed by atoms with Crippen LogP contribution in [0.5, 0.6) is 0 Å². The van der Waals surface area contributed by atoms with Gasteiger partial charge in [0, 0.05) is 51.5 Å². The van der Waals surface area contributed by atoms with E-state index in [-0.39, 0.29) is 12.4 Å². The van der Waals surface area contributed by atoms with E-state index in [0.29, 0.717) is 5.82 Å². The van der Waals surface area contributed by atoms with Crippen LogP contribution in [0.25, 0.3) is 0 Å². The lowest BCUT2D eigenvalue weighted by Gasteiger charge is -2.37. The maximum absolute atomic E-state index is 12.4. The van der Waals surface area contributed by atoms with Crippen molar-refractivity contribution in [2.75, 3.05) is 44.2 Å². The Morgan fingerprint density at radius 1 is 1.07 bits per heavy atom. The van der Waals surface area contributed by atoms with Gasteiger partial charge >= 0.3 is 0 Å². The molecule has 0 bridgehead atoms. The lowest BCUT2D eigenvalue weighted by atomic mass is 10.1. The molecule has 1 fully saturated rings. The molecule has 2 aliphatic heterocycles. The predicted octanol–water partition coefficient (Wildman–Crippen LogP) is 1.39. The minimum atomic E-state index is -0.250. The standard InChI is InChI=1S/C20H28N6O.CH2O2/c1-4-24-12-13-26-18(21-22-19(26)20(24)27)14-23-8-10-25(11-9-23)17-7-5-6-15(2)16(17)3;2-1-3/h5-7H,4,8-14H2,1-3H3;1H,(H,2,3). The Kier molecular flexibility index (Phi) is 7.04. The average Bonchev–Trinajstić information content (AvgIpc) is 3.15. The van der Waals surface area contributed by atoms with Crippen LogP contribution in [0.1, 0.15) is 34.5 Å². The number of hydrogen-bond donors (Lipinski definition) is 1. The number of nitrogens with zero attached hydrogens (tertiary/aromatic N) is 6. The number of benzene rings is 1. The third kappa shape index (κ3) is 4.46. The Hall–Kier alpha value is -2.94. The summed E-state index contributed by atoms with van der Waals surface area (Å²) in [5.74, 6) is 1.41. The molecule has 1 amide bonds. The molecule has 3 heterocycles. The van der Waals surface area contributed by atoms with Gasteiger partial charge in [-0.1, -0.05) is 12.1 Å². The number of fused-ring (bicyclic) bond motifs is 1. The first-order valence-electron chi connectivity index (χ1n) is 10.3. The van der Waals surface area contributed by atoms with Gasteiger partial charge in [0.2, 0.25) is 5.82 Å². The second-order valence-electron chi connectivity index (χ2n) is 7.56. The van der Waals surface area contributed by atoms with Gasteiger partial charge in [-0.3, -0.25) is 14.5 Å². The second kappa shape index (κ2) is 9.71. The first-order valence-corrected chi connectivity index (χ1v) is 10.3. The van der Waals surface area contributed by atoms with Gasteiger partial charge in [0.1, 0.15) is 5.82 Å². The molecule has 9 heteroatoms. The van der Waals surface area contributed by atoms with Crippen molar-refractivity contribution < 1.29 is 14.7 Å². The lowest BCUT2D eigenvalue weighted by Crippen LogP contribution is -2.47. The van der Waals surface area contributed by atoms with Gasteiger partial charge in [-0.05, 0) is 38.0 Å². The molecule has 9 nitrogen and oxygen atoms in total. The number of hydrogen-bond acceptors (Lipinski definition) is 6. The van der Waals surface area contributed by atoms with E-state index in [1.54, 1.807) is 0 Å². The molecule has 162 valence electrons. The summed E-state index contributed by atoms with van der Waals surface area (Å²) in [5, 5.41) is 15.4. The van der Waals surface area contributed by atoms with Gasteiger partial charge in [0.15, 0.2) is 0 Å². The van der Waals surface area contributed by atoms with Crippen molar-refractivity contribution in [3.63, 3.8) is 0 Å². The fourth-order valence-corrected chi connectivity index (χ4v) is 4.04. The van der Waals surface area contributed by atoms with Gasteiger partial charge < -0.3 is 19.5 Å². The summed E-state index contributed by atoms with van der Waals surface area (Å²) in [4.78, 5) is 27.5. The van der Waals surface area contributed by atoms with Crippen molar-refractivity contribution in [3.05, 3.63) is 41.0 Å². The maximum atomic E-state index is 12.4. The summed E-state index contributed by atoms with van der Waals surface area (Å²) in [7, 11) is 0. The van der Waals surface area contributed by atoms with Crippen LogP contribution in [0.2, 0.25) is 0 Å². The van der Waals surface area contributed by atoms with Gasteiger partial charge in [-0.25, -0.2) is 0 Å². The third-order valence-electron chi connectivity index (χ3n) is 5.94. The summed E-state index contributed by atoms with van der Waals surface area (Å²) in [6, 6.07) is 6.53. The van der Waals surface area contributed by atoms with E-state index in [9.17, 15) is 4.79 Å².